The molecule has 168 valence electrons. The van der Waals surface area contributed by atoms with Crippen LogP contribution in [0.5, 0.6) is 0 Å². The molecular weight excluding hydrogens is 454 g/mol. The zero-order valence-corrected chi connectivity index (χ0v) is 19.6. The first kappa shape index (κ1) is 21.7. The Labute approximate surface area is 197 Å². The van der Waals surface area contributed by atoms with Gasteiger partial charge in [0.2, 0.25) is 0 Å². The third-order valence-electron chi connectivity index (χ3n) is 5.81. The number of carbonyl (C=O) groups excluding carboxylic acids is 1. The van der Waals surface area contributed by atoms with Gasteiger partial charge in [-0.05, 0) is 47.9 Å². The third kappa shape index (κ3) is 4.82. The fourth-order valence-corrected chi connectivity index (χ4v) is 7.68. The largest absolute Gasteiger partial charge is 0.335 e. The summed E-state index contributed by atoms with van der Waals surface area (Å²) in [6, 6.07) is 23.1. The number of aryl methyl sites for hydroxylation is 1. The molecule has 0 spiro atoms. The normalized spacial score (nSPS) is 20.7. The Morgan fingerprint density at radius 1 is 0.970 bits per heavy atom. The lowest BCUT2D eigenvalue weighted by Gasteiger charge is -2.12. The number of benzene rings is 3. The number of rotatable bonds is 4. The monoisotopic (exact) mass is 477 g/mol. The minimum absolute atomic E-state index is 0.0249. The smallest absolute Gasteiger partial charge is 0.255 e. The first-order valence-corrected chi connectivity index (χ1v) is 13.4. The van der Waals surface area contributed by atoms with Crippen LogP contribution >= 0.6 is 11.8 Å². The molecule has 2 aliphatic heterocycles. The summed E-state index contributed by atoms with van der Waals surface area (Å²) >= 11 is 1.46. The molecule has 0 unspecified atom stereocenters. The summed E-state index contributed by atoms with van der Waals surface area (Å²) < 4.78 is 23.6. The fraction of sp³-hybridized carbons (Fsp3) is 0.200. The number of nitrogens with zero attached hydrogens (tertiary/aromatic N) is 1. The number of amidine groups is 1. The Balaban J connectivity index is 1.27. The molecule has 2 heterocycles. The molecule has 2 aliphatic rings. The lowest BCUT2D eigenvalue weighted by molar-refractivity contribution is 0.102. The summed E-state index contributed by atoms with van der Waals surface area (Å²) in [4.78, 5) is 17.4. The van der Waals surface area contributed by atoms with Crippen molar-refractivity contribution in [1.82, 2.24) is 0 Å². The second-order valence-electron chi connectivity index (χ2n) is 8.29. The summed E-state index contributed by atoms with van der Waals surface area (Å²) in [5.74, 6) is 0.0801. The van der Waals surface area contributed by atoms with Crippen molar-refractivity contribution in [2.24, 2.45) is 4.99 Å². The van der Waals surface area contributed by atoms with Crippen LogP contribution in [0.3, 0.4) is 0 Å². The van der Waals surface area contributed by atoms with Crippen LogP contribution in [0, 0.1) is 6.92 Å². The van der Waals surface area contributed by atoms with Crippen molar-refractivity contribution in [2.45, 2.75) is 18.2 Å². The standard InChI is InChI=1S/C25H23N3O3S2/c1-16-7-8-19(13-21(16)27-25-28-22-14-33(30,31)15-23(22)32-25)24(29)26-20-11-9-18(10-12-20)17-5-3-2-4-6-17/h2-13,22-23H,14-15H2,1H3,(H,26,29)(H,27,28)/t22-,23-/m0/s1. The molecule has 0 saturated carbocycles. The molecule has 0 radical (unpaired) electrons. The third-order valence-corrected chi connectivity index (χ3v) is 8.95. The molecule has 3 aromatic carbocycles. The quantitative estimate of drug-likeness (QED) is 0.574. The minimum atomic E-state index is -2.98. The van der Waals surface area contributed by atoms with Gasteiger partial charge in [-0.1, -0.05) is 60.3 Å². The van der Waals surface area contributed by atoms with Gasteiger partial charge < -0.3 is 10.6 Å². The number of hydrogen-bond acceptors (Lipinski definition) is 6. The van der Waals surface area contributed by atoms with Crippen LogP contribution in [0.25, 0.3) is 11.1 Å². The molecule has 8 heteroatoms. The van der Waals surface area contributed by atoms with E-state index in [-0.39, 0.29) is 28.7 Å². The highest BCUT2D eigenvalue weighted by Crippen LogP contribution is 2.35. The van der Waals surface area contributed by atoms with Crippen molar-refractivity contribution in [2.75, 3.05) is 22.1 Å². The van der Waals surface area contributed by atoms with E-state index in [0.717, 1.165) is 28.1 Å². The van der Waals surface area contributed by atoms with Crippen molar-refractivity contribution in [3.63, 3.8) is 0 Å². The van der Waals surface area contributed by atoms with E-state index >= 15 is 0 Å². The number of amides is 1. The topological polar surface area (TPSA) is 87.6 Å². The molecule has 0 aromatic heterocycles. The molecule has 1 amide bonds. The van der Waals surface area contributed by atoms with E-state index < -0.39 is 9.84 Å². The van der Waals surface area contributed by atoms with Crippen molar-refractivity contribution in [1.29, 1.82) is 0 Å². The first-order chi connectivity index (χ1) is 15.9. The van der Waals surface area contributed by atoms with E-state index in [1.54, 1.807) is 12.1 Å². The SMILES string of the molecule is Cc1ccc(C(=O)Nc2ccc(-c3ccccc3)cc2)cc1NC1=N[C@H]2CS(=O)(=O)C[C@@H]2S1. The van der Waals surface area contributed by atoms with Crippen LogP contribution in [0.4, 0.5) is 11.4 Å². The van der Waals surface area contributed by atoms with Gasteiger partial charge in [-0.15, -0.1) is 0 Å². The maximum Gasteiger partial charge on any atom is 0.255 e. The Morgan fingerprint density at radius 2 is 1.70 bits per heavy atom. The summed E-state index contributed by atoms with van der Waals surface area (Å²) in [7, 11) is -2.98. The van der Waals surface area contributed by atoms with Crippen LogP contribution in [-0.4, -0.2) is 42.3 Å². The Kier molecular flexibility index (Phi) is 5.72. The molecule has 0 bridgehead atoms. The number of fused-ring (bicyclic) bond motifs is 1. The molecule has 2 atom stereocenters. The first-order valence-electron chi connectivity index (χ1n) is 10.7. The highest BCUT2D eigenvalue weighted by Gasteiger charge is 2.42. The van der Waals surface area contributed by atoms with Gasteiger partial charge in [-0.2, -0.15) is 0 Å². The molecular formula is C25H23N3O3S2. The van der Waals surface area contributed by atoms with Gasteiger partial charge in [0.05, 0.1) is 17.5 Å². The molecule has 33 heavy (non-hydrogen) atoms. The molecule has 5 rings (SSSR count). The predicted octanol–water partition coefficient (Wildman–Crippen LogP) is 4.59. The van der Waals surface area contributed by atoms with E-state index in [4.69, 9.17) is 0 Å². The van der Waals surface area contributed by atoms with Gasteiger partial charge in [0.25, 0.3) is 5.91 Å². The maximum atomic E-state index is 12.9. The van der Waals surface area contributed by atoms with Gasteiger partial charge in [0.1, 0.15) is 0 Å². The van der Waals surface area contributed by atoms with E-state index in [2.05, 4.69) is 15.6 Å². The highest BCUT2D eigenvalue weighted by molar-refractivity contribution is 8.15. The van der Waals surface area contributed by atoms with Gasteiger partial charge in [-0.3, -0.25) is 9.79 Å². The lowest BCUT2D eigenvalue weighted by atomic mass is 10.1. The van der Waals surface area contributed by atoms with Crippen LogP contribution in [0.15, 0.2) is 77.8 Å². The number of thioether (sulfide) groups is 1. The zero-order chi connectivity index (χ0) is 23.0. The van der Waals surface area contributed by atoms with Gasteiger partial charge in [0, 0.05) is 22.2 Å². The van der Waals surface area contributed by atoms with Crippen molar-refractivity contribution >= 4 is 44.0 Å². The number of aliphatic imine (C=N–C) groups is 1. The van der Waals surface area contributed by atoms with Crippen LogP contribution < -0.4 is 10.6 Å². The van der Waals surface area contributed by atoms with Crippen LogP contribution in [0.2, 0.25) is 0 Å². The zero-order valence-electron chi connectivity index (χ0n) is 18.0. The molecule has 0 aliphatic carbocycles. The van der Waals surface area contributed by atoms with Gasteiger partial charge >= 0.3 is 0 Å². The van der Waals surface area contributed by atoms with E-state index in [0.29, 0.717) is 10.7 Å². The number of nitrogens with one attached hydrogen (secondary N) is 2. The summed E-state index contributed by atoms with van der Waals surface area (Å²) in [5.41, 5.74) is 5.23. The summed E-state index contributed by atoms with van der Waals surface area (Å²) in [6.45, 7) is 1.96. The van der Waals surface area contributed by atoms with Gasteiger partial charge in [0.15, 0.2) is 15.0 Å². The Morgan fingerprint density at radius 3 is 2.42 bits per heavy atom. The molecule has 2 N–H and O–H groups in total. The van der Waals surface area contributed by atoms with Crippen molar-refractivity contribution in [3.05, 3.63) is 83.9 Å². The highest BCUT2D eigenvalue weighted by atomic mass is 32.2. The fourth-order valence-electron chi connectivity index (χ4n) is 4.01. The van der Waals surface area contributed by atoms with Gasteiger partial charge in [-0.25, -0.2) is 8.42 Å². The van der Waals surface area contributed by atoms with E-state index in [1.807, 2.05) is 67.6 Å². The van der Waals surface area contributed by atoms with Crippen LogP contribution in [-0.2, 0) is 9.84 Å². The van der Waals surface area contributed by atoms with Crippen LogP contribution in [0.1, 0.15) is 15.9 Å². The number of sulfone groups is 1. The Hall–Kier alpha value is -3.10. The predicted molar refractivity (Wildman–Crippen MR) is 136 cm³/mol. The number of anilines is 2. The second kappa shape index (κ2) is 8.68. The van der Waals surface area contributed by atoms with Crippen molar-refractivity contribution in [3.8, 4) is 11.1 Å². The summed E-state index contributed by atoms with van der Waals surface area (Å²) in [6.07, 6.45) is 0. The molecule has 1 fully saturated rings. The average molecular weight is 478 g/mol. The van der Waals surface area contributed by atoms with E-state index in [1.165, 1.54) is 11.8 Å². The number of carbonyl (C=O) groups is 1. The minimum Gasteiger partial charge on any atom is -0.335 e. The van der Waals surface area contributed by atoms with Crippen molar-refractivity contribution < 1.29 is 13.2 Å². The Bertz CT molecular complexity index is 1340. The second-order valence-corrected chi connectivity index (χ2v) is 11.7. The number of hydrogen-bond donors (Lipinski definition) is 2. The molecule has 6 nitrogen and oxygen atoms in total. The lowest BCUT2D eigenvalue weighted by Crippen LogP contribution is -2.14. The molecule has 1 saturated heterocycles. The summed E-state index contributed by atoms with van der Waals surface area (Å²) in [5, 5.41) is 6.92. The van der Waals surface area contributed by atoms with E-state index in [9.17, 15) is 13.2 Å². The molecule has 3 aromatic rings. The average Bonchev–Trinajstić information content (AvgIpc) is 3.29. The maximum absolute atomic E-state index is 12.9.